The number of nitrogens with zero attached hydrogens (tertiary/aromatic N) is 2. The first-order valence-corrected chi connectivity index (χ1v) is 6.79. The van der Waals surface area contributed by atoms with Crippen molar-refractivity contribution in [3.63, 3.8) is 0 Å². The third-order valence-corrected chi connectivity index (χ3v) is 3.54. The molecule has 0 bridgehead atoms. The van der Waals surface area contributed by atoms with Crippen molar-refractivity contribution < 1.29 is 4.39 Å². The van der Waals surface area contributed by atoms with Crippen LogP contribution < -0.4 is 10.2 Å². The van der Waals surface area contributed by atoms with Crippen LogP contribution in [0.1, 0.15) is 13.8 Å². The molecule has 0 aliphatic carbocycles. The molecule has 1 aliphatic heterocycles. The first-order chi connectivity index (χ1) is 8.87. The van der Waals surface area contributed by atoms with Gasteiger partial charge in [0.1, 0.15) is 5.82 Å². The molecule has 1 aromatic rings. The van der Waals surface area contributed by atoms with Crippen molar-refractivity contribution >= 4 is 5.69 Å². The van der Waals surface area contributed by atoms with Crippen LogP contribution >= 0.6 is 0 Å². The summed E-state index contributed by atoms with van der Waals surface area (Å²) >= 11 is 0. The molecular weight excluding hydrogens is 241 g/mol. The lowest BCUT2D eigenvalue weighted by Crippen LogP contribution is -2.63. The van der Waals surface area contributed by atoms with Crippen LogP contribution in [0.4, 0.5) is 10.1 Å². The fraction of sp³-hybridized carbons (Fsp3) is 0.600. The van der Waals surface area contributed by atoms with Gasteiger partial charge in [0, 0.05) is 30.9 Å². The van der Waals surface area contributed by atoms with E-state index in [9.17, 15) is 4.39 Å². The topological polar surface area (TPSA) is 18.5 Å². The van der Waals surface area contributed by atoms with E-state index < -0.39 is 0 Å². The Kier molecular flexibility index (Phi) is 4.11. The summed E-state index contributed by atoms with van der Waals surface area (Å²) in [6, 6.07) is 7.27. The van der Waals surface area contributed by atoms with E-state index >= 15 is 0 Å². The Hall–Kier alpha value is -1.13. The van der Waals surface area contributed by atoms with Crippen molar-refractivity contribution in [1.82, 2.24) is 10.2 Å². The molecule has 0 spiro atoms. The number of likely N-dealkylation sites (N-methyl/N-ethyl adjacent to an activating group) is 1. The lowest BCUT2D eigenvalue weighted by molar-refractivity contribution is 0.268. The zero-order chi connectivity index (χ0) is 14.0. The molecule has 0 saturated carbocycles. The van der Waals surface area contributed by atoms with Gasteiger partial charge in [0.05, 0.1) is 6.04 Å². The van der Waals surface area contributed by atoms with E-state index in [1.807, 2.05) is 6.07 Å². The maximum atomic E-state index is 13.5. The van der Waals surface area contributed by atoms with Crippen molar-refractivity contribution in [3.8, 4) is 0 Å². The third-order valence-electron chi connectivity index (χ3n) is 3.54. The summed E-state index contributed by atoms with van der Waals surface area (Å²) in [5.41, 5.74) is 1.02. The van der Waals surface area contributed by atoms with E-state index in [2.05, 4.69) is 43.1 Å². The van der Waals surface area contributed by atoms with Gasteiger partial charge < -0.3 is 15.1 Å². The van der Waals surface area contributed by atoms with E-state index in [0.29, 0.717) is 6.04 Å². The summed E-state index contributed by atoms with van der Waals surface area (Å²) in [7, 11) is 4.15. The van der Waals surface area contributed by atoms with Gasteiger partial charge in [-0.15, -0.1) is 0 Å². The molecule has 2 rings (SSSR count). The van der Waals surface area contributed by atoms with Crippen LogP contribution in [0.2, 0.25) is 0 Å². The molecule has 4 heteroatoms. The zero-order valence-corrected chi connectivity index (χ0v) is 12.3. The summed E-state index contributed by atoms with van der Waals surface area (Å²) in [6.07, 6.45) is 0. The first kappa shape index (κ1) is 14.3. The molecule has 1 aromatic carbocycles. The number of rotatable bonds is 3. The predicted molar refractivity (Wildman–Crippen MR) is 78.2 cm³/mol. The fourth-order valence-electron chi connectivity index (χ4n) is 2.66. The average molecular weight is 265 g/mol. The highest BCUT2D eigenvalue weighted by molar-refractivity contribution is 5.49. The predicted octanol–water partition coefficient (Wildman–Crippen LogP) is 1.94. The molecule has 1 heterocycles. The Labute approximate surface area is 115 Å². The number of benzene rings is 1. The number of piperazine rings is 1. The van der Waals surface area contributed by atoms with Crippen molar-refractivity contribution in [2.75, 3.05) is 38.6 Å². The second-order valence-electron chi connectivity index (χ2n) is 6.29. The monoisotopic (exact) mass is 265 g/mol. The van der Waals surface area contributed by atoms with Crippen LogP contribution in [-0.4, -0.2) is 50.2 Å². The van der Waals surface area contributed by atoms with Crippen molar-refractivity contribution in [3.05, 3.63) is 30.1 Å². The normalized spacial score (nSPS) is 22.8. The highest BCUT2D eigenvalue weighted by Gasteiger charge is 2.32. The maximum Gasteiger partial charge on any atom is 0.125 e. The number of nitrogens with one attached hydrogen (secondary N) is 1. The molecule has 1 aliphatic rings. The summed E-state index contributed by atoms with van der Waals surface area (Å²) in [5, 5.41) is 3.57. The van der Waals surface area contributed by atoms with E-state index in [-0.39, 0.29) is 11.4 Å². The molecule has 0 radical (unpaired) electrons. The Bertz CT molecular complexity index is 431. The van der Waals surface area contributed by atoms with Gasteiger partial charge in [-0.05, 0) is 46.1 Å². The summed E-state index contributed by atoms with van der Waals surface area (Å²) in [4.78, 5) is 4.50. The van der Waals surface area contributed by atoms with Gasteiger partial charge >= 0.3 is 0 Å². The largest absolute Gasteiger partial charge is 0.364 e. The lowest BCUT2D eigenvalue weighted by atomic mass is 9.97. The molecule has 1 N–H and O–H groups in total. The third kappa shape index (κ3) is 3.67. The van der Waals surface area contributed by atoms with Crippen molar-refractivity contribution in [1.29, 1.82) is 0 Å². The summed E-state index contributed by atoms with van der Waals surface area (Å²) in [5.74, 6) is -0.169. The van der Waals surface area contributed by atoms with Crippen LogP contribution in [0.25, 0.3) is 0 Å². The first-order valence-electron chi connectivity index (χ1n) is 6.79. The highest BCUT2D eigenvalue weighted by atomic mass is 19.1. The molecule has 19 heavy (non-hydrogen) atoms. The smallest absolute Gasteiger partial charge is 0.125 e. The highest BCUT2D eigenvalue weighted by Crippen LogP contribution is 2.24. The Morgan fingerprint density at radius 2 is 2.16 bits per heavy atom. The second kappa shape index (κ2) is 5.47. The minimum Gasteiger partial charge on any atom is -0.364 e. The van der Waals surface area contributed by atoms with Crippen LogP contribution in [0.15, 0.2) is 24.3 Å². The molecule has 1 atom stereocenters. The zero-order valence-electron chi connectivity index (χ0n) is 12.3. The molecule has 1 fully saturated rings. The van der Waals surface area contributed by atoms with E-state index in [1.54, 1.807) is 12.1 Å². The Balaban J connectivity index is 2.24. The van der Waals surface area contributed by atoms with Gasteiger partial charge in [-0.3, -0.25) is 0 Å². The van der Waals surface area contributed by atoms with Crippen LogP contribution in [0, 0.1) is 5.82 Å². The van der Waals surface area contributed by atoms with Crippen LogP contribution in [0.3, 0.4) is 0 Å². The second-order valence-corrected chi connectivity index (χ2v) is 6.29. The van der Waals surface area contributed by atoms with Gasteiger partial charge in [0.15, 0.2) is 0 Å². The quantitative estimate of drug-likeness (QED) is 0.901. The molecule has 0 amide bonds. The maximum absolute atomic E-state index is 13.5. The van der Waals surface area contributed by atoms with E-state index in [4.69, 9.17) is 0 Å². The number of hydrogen-bond acceptors (Lipinski definition) is 3. The van der Waals surface area contributed by atoms with Crippen LogP contribution in [0.5, 0.6) is 0 Å². The van der Waals surface area contributed by atoms with Crippen molar-refractivity contribution in [2.45, 2.75) is 25.4 Å². The van der Waals surface area contributed by atoms with Gasteiger partial charge in [-0.25, -0.2) is 4.39 Å². The molecule has 106 valence electrons. The molecule has 0 aromatic heterocycles. The summed E-state index contributed by atoms with van der Waals surface area (Å²) in [6.45, 7) is 7.13. The SMILES string of the molecule is CN(C)CC1CNC(C)(C)CN1c1cccc(F)c1. The fourth-order valence-corrected chi connectivity index (χ4v) is 2.66. The molecule has 1 saturated heterocycles. The van der Waals surface area contributed by atoms with Crippen molar-refractivity contribution in [2.24, 2.45) is 0 Å². The Morgan fingerprint density at radius 1 is 1.42 bits per heavy atom. The number of hydrogen-bond donors (Lipinski definition) is 1. The van der Waals surface area contributed by atoms with E-state index in [0.717, 1.165) is 25.3 Å². The summed E-state index contributed by atoms with van der Waals surface area (Å²) < 4.78 is 13.5. The number of halogens is 1. The van der Waals surface area contributed by atoms with Gasteiger partial charge in [0.2, 0.25) is 0 Å². The van der Waals surface area contributed by atoms with Gasteiger partial charge in [-0.1, -0.05) is 6.07 Å². The van der Waals surface area contributed by atoms with Crippen LogP contribution in [-0.2, 0) is 0 Å². The minimum absolute atomic E-state index is 0.0507. The minimum atomic E-state index is -0.169. The lowest BCUT2D eigenvalue weighted by Gasteiger charge is -2.46. The molecule has 3 nitrogen and oxygen atoms in total. The molecule has 1 unspecified atom stereocenters. The van der Waals surface area contributed by atoms with E-state index in [1.165, 1.54) is 6.07 Å². The Morgan fingerprint density at radius 3 is 2.79 bits per heavy atom. The average Bonchev–Trinajstić information content (AvgIpc) is 2.31. The van der Waals surface area contributed by atoms with Gasteiger partial charge in [-0.2, -0.15) is 0 Å². The molecular formula is C15H24FN3. The van der Waals surface area contributed by atoms with Gasteiger partial charge in [0.25, 0.3) is 0 Å². The number of anilines is 1. The standard InChI is InChI=1S/C15H24FN3/c1-15(2)11-19(13-7-5-6-12(16)8-13)14(9-17-15)10-18(3)4/h5-8,14,17H,9-11H2,1-4H3.